The van der Waals surface area contributed by atoms with E-state index >= 15 is 0 Å². The molecule has 25 heavy (non-hydrogen) atoms. The third-order valence-electron chi connectivity index (χ3n) is 3.48. The van der Waals surface area contributed by atoms with Gasteiger partial charge >= 0.3 is 0 Å². The number of nitrogens with one attached hydrogen (secondary N) is 1. The third kappa shape index (κ3) is 5.23. The van der Waals surface area contributed by atoms with Gasteiger partial charge in [-0.3, -0.25) is 4.79 Å². The molecule has 0 saturated heterocycles. The topological polar surface area (TPSA) is 125 Å². The van der Waals surface area contributed by atoms with Crippen LogP contribution in [-0.4, -0.2) is 57.5 Å². The highest BCUT2D eigenvalue weighted by atomic mass is 16.5. The van der Waals surface area contributed by atoms with Gasteiger partial charge in [-0.2, -0.15) is 4.98 Å². The van der Waals surface area contributed by atoms with Crippen molar-refractivity contribution >= 4 is 11.7 Å². The molecule has 1 amide bonds. The van der Waals surface area contributed by atoms with Crippen LogP contribution in [0.2, 0.25) is 0 Å². The fourth-order valence-electron chi connectivity index (χ4n) is 2.05. The summed E-state index contributed by atoms with van der Waals surface area (Å²) in [5.74, 6) is 1.37. The molecule has 2 aromatic heterocycles. The lowest BCUT2D eigenvalue weighted by molar-refractivity contribution is 0.0949. The summed E-state index contributed by atoms with van der Waals surface area (Å²) >= 11 is 0. The Morgan fingerprint density at radius 2 is 2.16 bits per heavy atom. The Morgan fingerprint density at radius 1 is 1.40 bits per heavy atom. The van der Waals surface area contributed by atoms with Crippen molar-refractivity contribution in [2.24, 2.45) is 0 Å². The highest BCUT2D eigenvalue weighted by Gasteiger charge is 2.13. The number of nitrogens with zero attached hydrogens (tertiary/aromatic N) is 4. The van der Waals surface area contributed by atoms with Crippen LogP contribution in [0.3, 0.4) is 0 Å². The van der Waals surface area contributed by atoms with Gasteiger partial charge in [0.05, 0.1) is 24.8 Å². The Kier molecular flexibility index (Phi) is 6.43. The molecule has 0 saturated carbocycles. The van der Waals surface area contributed by atoms with E-state index in [9.17, 15) is 9.90 Å². The van der Waals surface area contributed by atoms with Crippen molar-refractivity contribution < 1.29 is 19.5 Å². The minimum absolute atomic E-state index is 0.134. The second kappa shape index (κ2) is 8.54. The second-order valence-electron chi connectivity index (χ2n) is 6.01. The molecular formula is C16H23N5O4. The van der Waals surface area contributed by atoms with Gasteiger partial charge in [0.1, 0.15) is 5.82 Å². The van der Waals surface area contributed by atoms with Crippen LogP contribution >= 0.6 is 0 Å². The summed E-state index contributed by atoms with van der Waals surface area (Å²) in [7, 11) is 1.74. The van der Waals surface area contributed by atoms with Crippen LogP contribution in [-0.2, 0) is 6.54 Å². The molecule has 136 valence electrons. The molecule has 2 rings (SSSR count). The van der Waals surface area contributed by atoms with E-state index < -0.39 is 6.10 Å². The quantitative estimate of drug-likeness (QED) is 0.622. The molecule has 9 heteroatoms. The fourth-order valence-corrected chi connectivity index (χ4v) is 2.05. The van der Waals surface area contributed by atoms with Crippen molar-refractivity contribution in [3.63, 3.8) is 0 Å². The predicted molar refractivity (Wildman–Crippen MR) is 90.2 cm³/mol. The number of aromatic nitrogens is 3. The number of aliphatic hydroxyl groups is 2. The van der Waals surface area contributed by atoms with Gasteiger partial charge in [-0.15, -0.1) is 0 Å². The molecule has 0 unspecified atom stereocenters. The largest absolute Gasteiger partial charge is 0.394 e. The molecule has 1 atom stereocenters. The smallest absolute Gasteiger partial charge is 0.253 e. The van der Waals surface area contributed by atoms with Crippen LogP contribution in [0, 0.1) is 0 Å². The number of amides is 1. The lowest BCUT2D eigenvalue weighted by Crippen LogP contribution is -2.31. The first kappa shape index (κ1) is 18.8. The van der Waals surface area contributed by atoms with Crippen molar-refractivity contribution in [3.05, 3.63) is 35.6 Å². The van der Waals surface area contributed by atoms with Crippen LogP contribution in [0.1, 0.15) is 41.8 Å². The van der Waals surface area contributed by atoms with E-state index in [1.54, 1.807) is 24.1 Å². The third-order valence-corrected chi connectivity index (χ3v) is 3.48. The summed E-state index contributed by atoms with van der Waals surface area (Å²) in [5, 5.41) is 24.8. The highest BCUT2D eigenvalue weighted by molar-refractivity contribution is 5.93. The van der Waals surface area contributed by atoms with Gasteiger partial charge in [-0.25, -0.2) is 4.98 Å². The minimum Gasteiger partial charge on any atom is -0.394 e. The molecular weight excluding hydrogens is 326 g/mol. The maximum Gasteiger partial charge on any atom is 0.253 e. The molecule has 0 fully saturated rings. The maximum atomic E-state index is 12.1. The highest BCUT2D eigenvalue weighted by Crippen LogP contribution is 2.12. The number of carbonyl (C=O) groups is 1. The zero-order chi connectivity index (χ0) is 18.4. The van der Waals surface area contributed by atoms with Gasteiger partial charge in [0.2, 0.25) is 5.89 Å². The first-order valence-electron chi connectivity index (χ1n) is 7.97. The lowest BCUT2D eigenvalue weighted by atomic mass is 10.2. The monoisotopic (exact) mass is 349 g/mol. The van der Waals surface area contributed by atoms with Gasteiger partial charge in [-0.05, 0) is 12.1 Å². The van der Waals surface area contributed by atoms with Crippen LogP contribution in [0.4, 0.5) is 5.82 Å². The van der Waals surface area contributed by atoms with Crippen LogP contribution in [0.5, 0.6) is 0 Å². The average Bonchev–Trinajstić information content (AvgIpc) is 3.09. The maximum absolute atomic E-state index is 12.1. The van der Waals surface area contributed by atoms with Gasteiger partial charge in [0.15, 0.2) is 5.82 Å². The van der Waals surface area contributed by atoms with Gasteiger partial charge in [-0.1, -0.05) is 19.0 Å². The van der Waals surface area contributed by atoms with Crippen LogP contribution in [0.15, 0.2) is 22.9 Å². The van der Waals surface area contributed by atoms with Gasteiger partial charge in [0, 0.05) is 25.7 Å². The molecule has 0 bridgehead atoms. The molecule has 0 aromatic carbocycles. The number of hydrogen-bond donors (Lipinski definition) is 3. The number of pyridine rings is 1. The Labute approximate surface area is 145 Å². The van der Waals surface area contributed by atoms with Crippen LogP contribution < -0.4 is 10.2 Å². The number of carbonyl (C=O) groups excluding carboxylic acids is 1. The van der Waals surface area contributed by atoms with Gasteiger partial charge in [0.25, 0.3) is 5.91 Å². The molecule has 3 N–H and O–H groups in total. The minimum atomic E-state index is -0.847. The number of aliphatic hydroxyl groups excluding tert-OH is 2. The summed E-state index contributed by atoms with van der Waals surface area (Å²) in [5.41, 5.74) is 0.396. The van der Waals surface area contributed by atoms with Crippen molar-refractivity contribution in [1.82, 2.24) is 20.4 Å². The molecule has 2 aromatic rings. The lowest BCUT2D eigenvalue weighted by Gasteiger charge is -2.20. The van der Waals surface area contributed by atoms with Crippen molar-refractivity contribution in [3.8, 4) is 0 Å². The number of likely N-dealkylation sites (N-methyl/N-ethyl adjacent to an activating group) is 1. The first-order chi connectivity index (χ1) is 11.9. The van der Waals surface area contributed by atoms with Crippen LogP contribution in [0.25, 0.3) is 0 Å². The number of hydrogen-bond acceptors (Lipinski definition) is 8. The predicted octanol–water partition coefficient (Wildman–Crippen LogP) is 0.307. The zero-order valence-corrected chi connectivity index (χ0v) is 14.5. The average molecular weight is 349 g/mol. The molecule has 0 radical (unpaired) electrons. The summed E-state index contributed by atoms with van der Waals surface area (Å²) in [6.07, 6.45) is 0.600. The summed E-state index contributed by atoms with van der Waals surface area (Å²) in [4.78, 5) is 22.2. The Bertz CT molecular complexity index is 686. The Balaban J connectivity index is 1.91. The Morgan fingerprint density at radius 3 is 2.72 bits per heavy atom. The van der Waals surface area contributed by atoms with E-state index in [1.807, 2.05) is 13.8 Å². The van der Waals surface area contributed by atoms with E-state index in [1.165, 1.54) is 6.20 Å². The van der Waals surface area contributed by atoms with E-state index in [-0.39, 0.29) is 31.5 Å². The van der Waals surface area contributed by atoms with E-state index in [2.05, 4.69) is 20.4 Å². The molecule has 0 spiro atoms. The number of rotatable bonds is 8. The van der Waals surface area contributed by atoms with Crippen molar-refractivity contribution in [2.75, 3.05) is 25.1 Å². The Hall–Kier alpha value is -2.52. The number of anilines is 1. The fraction of sp³-hybridized carbons (Fsp3) is 0.500. The molecule has 9 nitrogen and oxygen atoms in total. The normalized spacial score (nSPS) is 12.2. The molecule has 0 aliphatic carbocycles. The molecule has 2 heterocycles. The standard InChI is InChI=1S/C16H23N5O4/c1-10(2)16-19-13(20-25-16)7-18-15(24)11-4-5-14(17-6-11)21(3)8-12(23)9-22/h4-6,10,12,22-23H,7-9H2,1-3H3,(H,18,24)/t12-/m0/s1. The zero-order valence-electron chi connectivity index (χ0n) is 14.5. The van der Waals surface area contributed by atoms with E-state index in [4.69, 9.17) is 9.63 Å². The summed E-state index contributed by atoms with van der Waals surface area (Å²) < 4.78 is 5.08. The van der Waals surface area contributed by atoms with Gasteiger partial charge < -0.3 is 25.0 Å². The summed E-state index contributed by atoms with van der Waals surface area (Å²) in [6, 6.07) is 3.31. The molecule has 0 aliphatic rings. The van der Waals surface area contributed by atoms with Crippen molar-refractivity contribution in [2.45, 2.75) is 32.4 Å². The van der Waals surface area contributed by atoms with E-state index in [0.717, 1.165) is 0 Å². The van der Waals surface area contributed by atoms with E-state index in [0.29, 0.717) is 23.1 Å². The second-order valence-corrected chi connectivity index (χ2v) is 6.01. The molecule has 0 aliphatic heterocycles. The SMILES string of the molecule is CC(C)c1nc(CNC(=O)c2ccc(N(C)C[C@H](O)CO)nc2)no1. The van der Waals surface area contributed by atoms with Crippen molar-refractivity contribution in [1.29, 1.82) is 0 Å². The summed E-state index contributed by atoms with van der Waals surface area (Å²) in [6.45, 7) is 3.98. The first-order valence-corrected chi connectivity index (χ1v) is 7.97.